The van der Waals surface area contributed by atoms with Gasteiger partial charge < -0.3 is 4.74 Å². The van der Waals surface area contributed by atoms with E-state index < -0.39 is 0 Å². The minimum atomic E-state index is -0.333. The van der Waals surface area contributed by atoms with Crippen LogP contribution in [0.4, 0.5) is 4.39 Å². The summed E-state index contributed by atoms with van der Waals surface area (Å²) >= 11 is 6.24. The van der Waals surface area contributed by atoms with Crippen molar-refractivity contribution in [2.24, 2.45) is 0 Å². The smallest absolute Gasteiger partial charge is 0.138 e. The molecule has 0 N–H and O–H groups in total. The first-order valence-electron chi connectivity index (χ1n) is 7.37. The van der Waals surface area contributed by atoms with E-state index in [2.05, 4.69) is 6.07 Å². The molecule has 2 aromatic carbocycles. The second-order valence-corrected chi connectivity index (χ2v) is 5.61. The fourth-order valence-electron chi connectivity index (χ4n) is 1.98. The lowest BCUT2D eigenvalue weighted by atomic mass is 10.0. The van der Waals surface area contributed by atoms with Gasteiger partial charge in [-0.15, -0.1) is 0 Å². The molecule has 0 fully saturated rings. The summed E-state index contributed by atoms with van der Waals surface area (Å²) in [6.45, 7) is 4.02. The first-order valence-corrected chi connectivity index (χ1v) is 7.75. The Kier molecular flexibility index (Phi) is 5.78. The highest BCUT2D eigenvalue weighted by molar-refractivity contribution is 6.32. The van der Waals surface area contributed by atoms with E-state index in [4.69, 9.17) is 16.3 Å². The third-order valence-corrected chi connectivity index (χ3v) is 3.74. The fraction of sp³-hybridized carbons (Fsp3) is 0.211. The molecule has 0 radical (unpaired) electrons. The molecule has 0 amide bonds. The Balaban J connectivity index is 2.29. The Labute approximate surface area is 140 Å². The molecule has 2 nitrogen and oxygen atoms in total. The lowest BCUT2D eigenvalue weighted by Crippen LogP contribution is -2.09. The van der Waals surface area contributed by atoms with E-state index in [-0.39, 0.29) is 11.9 Å². The van der Waals surface area contributed by atoms with Gasteiger partial charge in [0.2, 0.25) is 0 Å². The summed E-state index contributed by atoms with van der Waals surface area (Å²) in [4.78, 5) is 0. The van der Waals surface area contributed by atoms with Crippen molar-refractivity contribution in [3.8, 4) is 11.8 Å². The number of benzene rings is 2. The van der Waals surface area contributed by atoms with Gasteiger partial charge in [0.05, 0.1) is 22.8 Å². The molecule has 0 aliphatic rings. The molecule has 0 bridgehead atoms. The van der Waals surface area contributed by atoms with Crippen LogP contribution in [-0.2, 0) is 0 Å². The number of nitrogens with zero attached hydrogens (tertiary/aromatic N) is 1. The zero-order valence-electron chi connectivity index (χ0n) is 13.0. The first-order chi connectivity index (χ1) is 11.0. The molecule has 1 atom stereocenters. The van der Waals surface area contributed by atoms with E-state index in [0.29, 0.717) is 21.9 Å². The van der Waals surface area contributed by atoms with Crippen molar-refractivity contribution >= 4 is 23.3 Å². The summed E-state index contributed by atoms with van der Waals surface area (Å²) in [5.74, 6) is 0.291. The lowest BCUT2D eigenvalue weighted by molar-refractivity contribution is 0.217. The van der Waals surface area contributed by atoms with Gasteiger partial charge in [-0.3, -0.25) is 0 Å². The predicted molar refractivity (Wildman–Crippen MR) is 91.7 cm³/mol. The Morgan fingerprint density at radius 3 is 2.57 bits per heavy atom. The number of ether oxygens (including phenoxy) is 1. The van der Waals surface area contributed by atoms with Gasteiger partial charge in [-0.25, -0.2) is 4.39 Å². The van der Waals surface area contributed by atoms with Crippen LogP contribution in [0.5, 0.6) is 5.75 Å². The quantitative estimate of drug-likeness (QED) is 0.519. The van der Waals surface area contributed by atoms with Crippen LogP contribution in [0.15, 0.2) is 42.5 Å². The summed E-state index contributed by atoms with van der Waals surface area (Å²) in [6.07, 6.45) is 2.69. The SMILES string of the molecule is CC[C@@H](C)Oc1ccc(/C=C(/C#N)c2ccc(F)cc2)cc1Cl. The molecule has 0 spiro atoms. The maximum absolute atomic E-state index is 13.0. The van der Waals surface area contributed by atoms with Crippen LogP contribution < -0.4 is 4.74 Å². The van der Waals surface area contributed by atoms with E-state index in [0.717, 1.165) is 12.0 Å². The van der Waals surface area contributed by atoms with Crippen LogP contribution in [0.2, 0.25) is 5.02 Å². The van der Waals surface area contributed by atoms with Crippen molar-refractivity contribution in [3.05, 3.63) is 64.4 Å². The van der Waals surface area contributed by atoms with Crippen LogP contribution in [0, 0.1) is 17.1 Å². The zero-order chi connectivity index (χ0) is 16.8. The van der Waals surface area contributed by atoms with Crippen molar-refractivity contribution in [2.45, 2.75) is 26.4 Å². The van der Waals surface area contributed by atoms with Crippen molar-refractivity contribution in [1.29, 1.82) is 5.26 Å². The standard InChI is InChI=1S/C19H17ClFNO/c1-3-13(2)23-19-9-4-14(11-18(19)20)10-16(12-22)15-5-7-17(21)8-6-15/h4-11,13H,3H2,1-2H3/b16-10-/t13-/m1/s1. The largest absolute Gasteiger partial charge is 0.489 e. The monoisotopic (exact) mass is 329 g/mol. The number of rotatable bonds is 5. The molecule has 0 saturated heterocycles. The van der Waals surface area contributed by atoms with Crippen molar-refractivity contribution in [3.63, 3.8) is 0 Å². The van der Waals surface area contributed by atoms with Gasteiger partial charge in [-0.1, -0.05) is 36.7 Å². The average molecular weight is 330 g/mol. The third kappa shape index (κ3) is 4.58. The number of nitriles is 1. The van der Waals surface area contributed by atoms with Crippen molar-refractivity contribution < 1.29 is 9.13 Å². The topological polar surface area (TPSA) is 33.0 Å². The highest BCUT2D eigenvalue weighted by atomic mass is 35.5. The van der Waals surface area contributed by atoms with E-state index in [1.54, 1.807) is 30.3 Å². The Hall–Kier alpha value is -2.31. The summed E-state index contributed by atoms with van der Waals surface area (Å²) in [5, 5.41) is 9.81. The van der Waals surface area contributed by atoms with Crippen LogP contribution in [0.25, 0.3) is 11.6 Å². The molecule has 0 unspecified atom stereocenters. The Morgan fingerprint density at radius 1 is 1.30 bits per heavy atom. The molecule has 0 aliphatic carbocycles. The lowest BCUT2D eigenvalue weighted by Gasteiger charge is -2.14. The summed E-state index contributed by atoms with van der Waals surface area (Å²) in [6, 6.07) is 13.3. The van der Waals surface area contributed by atoms with E-state index >= 15 is 0 Å². The predicted octanol–water partition coefficient (Wildman–Crippen LogP) is 5.72. The summed E-state index contributed by atoms with van der Waals surface area (Å²) < 4.78 is 18.7. The van der Waals surface area contributed by atoms with Gasteiger partial charge in [0.1, 0.15) is 11.6 Å². The number of hydrogen-bond donors (Lipinski definition) is 0. The molecule has 0 aliphatic heterocycles. The zero-order valence-corrected chi connectivity index (χ0v) is 13.8. The minimum Gasteiger partial charge on any atom is -0.489 e. The molecule has 0 heterocycles. The van der Waals surface area contributed by atoms with Crippen LogP contribution in [0.3, 0.4) is 0 Å². The van der Waals surface area contributed by atoms with Gasteiger partial charge in [0, 0.05) is 0 Å². The maximum atomic E-state index is 13.0. The third-order valence-electron chi connectivity index (χ3n) is 3.45. The molecule has 23 heavy (non-hydrogen) atoms. The second-order valence-electron chi connectivity index (χ2n) is 5.20. The van der Waals surface area contributed by atoms with Crippen LogP contribution >= 0.6 is 11.6 Å². The molecule has 0 saturated carbocycles. The van der Waals surface area contributed by atoms with Gasteiger partial charge in [-0.05, 0) is 54.8 Å². The normalized spacial score (nSPS) is 12.6. The minimum absolute atomic E-state index is 0.0859. The molecule has 0 aromatic heterocycles. The van der Waals surface area contributed by atoms with Crippen molar-refractivity contribution in [1.82, 2.24) is 0 Å². The van der Waals surface area contributed by atoms with E-state index in [1.165, 1.54) is 12.1 Å². The number of halogens is 2. The van der Waals surface area contributed by atoms with Crippen LogP contribution in [-0.4, -0.2) is 6.10 Å². The van der Waals surface area contributed by atoms with Gasteiger partial charge >= 0.3 is 0 Å². The molecule has 4 heteroatoms. The fourth-order valence-corrected chi connectivity index (χ4v) is 2.21. The molecule has 2 aromatic rings. The highest BCUT2D eigenvalue weighted by Crippen LogP contribution is 2.28. The van der Waals surface area contributed by atoms with Gasteiger partial charge in [0.25, 0.3) is 0 Å². The average Bonchev–Trinajstić information content (AvgIpc) is 2.55. The molecule has 118 valence electrons. The molecular formula is C19H17ClFNO. The van der Waals surface area contributed by atoms with Crippen molar-refractivity contribution in [2.75, 3.05) is 0 Å². The molecule has 2 rings (SSSR count). The number of allylic oxidation sites excluding steroid dienone is 1. The van der Waals surface area contributed by atoms with Crippen LogP contribution in [0.1, 0.15) is 31.4 Å². The molecular weight excluding hydrogens is 313 g/mol. The second kappa shape index (κ2) is 7.80. The highest BCUT2D eigenvalue weighted by Gasteiger charge is 2.07. The maximum Gasteiger partial charge on any atom is 0.138 e. The summed E-state index contributed by atoms with van der Waals surface area (Å²) in [5.41, 5.74) is 1.88. The van der Waals surface area contributed by atoms with E-state index in [9.17, 15) is 9.65 Å². The Morgan fingerprint density at radius 2 is 2.00 bits per heavy atom. The van der Waals surface area contributed by atoms with E-state index in [1.807, 2.05) is 19.9 Å². The first kappa shape index (κ1) is 17.1. The van der Waals surface area contributed by atoms with Gasteiger partial charge in [-0.2, -0.15) is 5.26 Å². The van der Waals surface area contributed by atoms with Gasteiger partial charge in [0.15, 0.2) is 0 Å². The number of hydrogen-bond acceptors (Lipinski definition) is 2. The Bertz CT molecular complexity index is 747. The summed E-state index contributed by atoms with van der Waals surface area (Å²) in [7, 11) is 0.